The molecular formula is C14H16O3. The molecule has 0 saturated heterocycles. The zero-order valence-electron chi connectivity index (χ0n) is 10.0. The number of benzene rings is 1. The van der Waals surface area contributed by atoms with E-state index < -0.39 is 5.97 Å². The Morgan fingerprint density at radius 3 is 2.65 bits per heavy atom. The van der Waals surface area contributed by atoms with Crippen molar-refractivity contribution in [2.75, 3.05) is 0 Å². The second-order valence-corrected chi connectivity index (χ2v) is 4.63. The van der Waals surface area contributed by atoms with Crippen molar-refractivity contribution in [2.24, 2.45) is 5.92 Å². The van der Waals surface area contributed by atoms with Crippen LogP contribution in [-0.2, 0) is 4.79 Å². The molecule has 17 heavy (non-hydrogen) atoms. The summed E-state index contributed by atoms with van der Waals surface area (Å²) in [6.45, 7) is 4.03. The van der Waals surface area contributed by atoms with Crippen LogP contribution in [0.25, 0.3) is 11.0 Å². The predicted molar refractivity (Wildman–Crippen MR) is 66.0 cm³/mol. The van der Waals surface area contributed by atoms with E-state index in [2.05, 4.69) is 0 Å². The van der Waals surface area contributed by atoms with Gasteiger partial charge in [0.25, 0.3) is 0 Å². The van der Waals surface area contributed by atoms with Crippen LogP contribution in [-0.4, -0.2) is 11.1 Å². The average molecular weight is 232 g/mol. The molecule has 0 fully saturated rings. The quantitative estimate of drug-likeness (QED) is 0.875. The van der Waals surface area contributed by atoms with E-state index in [0.717, 1.165) is 16.7 Å². The molecule has 1 heterocycles. The lowest BCUT2D eigenvalue weighted by atomic mass is 9.90. The number of carboxylic acids is 1. The number of para-hydroxylation sites is 1. The molecule has 0 amide bonds. The van der Waals surface area contributed by atoms with Crippen LogP contribution in [0, 0.1) is 5.92 Å². The summed E-state index contributed by atoms with van der Waals surface area (Å²) in [5.41, 5.74) is 0.818. The van der Waals surface area contributed by atoms with E-state index in [1.165, 1.54) is 0 Å². The average Bonchev–Trinajstić information content (AvgIpc) is 2.68. The van der Waals surface area contributed by atoms with Gasteiger partial charge in [0.2, 0.25) is 0 Å². The fourth-order valence-electron chi connectivity index (χ4n) is 2.04. The number of hydrogen-bond donors (Lipinski definition) is 1. The number of hydrogen-bond acceptors (Lipinski definition) is 2. The van der Waals surface area contributed by atoms with Gasteiger partial charge in [0.15, 0.2) is 0 Å². The zero-order chi connectivity index (χ0) is 12.4. The molecule has 0 saturated carbocycles. The lowest BCUT2D eigenvalue weighted by molar-refractivity contribution is -0.137. The highest BCUT2D eigenvalue weighted by Gasteiger charge is 2.22. The first kappa shape index (κ1) is 11.7. The zero-order valence-corrected chi connectivity index (χ0v) is 10.0. The molecule has 0 aliphatic rings. The molecule has 1 aromatic carbocycles. The Hall–Kier alpha value is -1.77. The maximum Gasteiger partial charge on any atom is 0.304 e. The van der Waals surface area contributed by atoms with Gasteiger partial charge in [0, 0.05) is 11.3 Å². The van der Waals surface area contributed by atoms with E-state index in [-0.39, 0.29) is 18.3 Å². The maximum absolute atomic E-state index is 10.9. The fourth-order valence-corrected chi connectivity index (χ4v) is 2.04. The van der Waals surface area contributed by atoms with Gasteiger partial charge in [-0.05, 0) is 18.1 Å². The molecule has 0 spiro atoms. The van der Waals surface area contributed by atoms with Crippen molar-refractivity contribution in [1.29, 1.82) is 0 Å². The van der Waals surface area contributed by atoms with Crippen LogP contribution in [0.5, 0.6) is 0 Å². The minimum absolute atomic E-state index is 0.0695. The van der Waals surface area contributed by atoms with Crippen LogP contribution in [0.4, 0.5) is 0 Å². The fraction of sp³-hybridized carbons (Fsp3) is 0.357. The Balaban J connectivity index is 2.38. The first-order chi connectivity index (χ1) is 8.08. The Morgan fingerprint density at radius 1 is 1.35 bits per heavy atom. The summed E-state index contributed by atoms with van der Waals surface area (Å²) in [7, 11) is 0. The van der Waals surface area contributed by atoms with Gasteiger partial charge in [0.1, 0.15) is 11.3 Å². The number of carbonyl (C=O) groups is 1. The molecule has 1 atom stereocenters. The van der Waals surface area contributed by atoms with E-state index in [0.29, 0.717) is 0 Å². The molecule has 0 bridgehead atoms. The van der Waals surface area contributed by atoms with Gasteiger partial charge in [0.05, 0.1) is 6.42 Å². The molecule has 2 rings (SSSR count). The molecule has 0 radical (unpaired) electrons. The first-order valence-corrected chi connectivity index (χ1v) is 5.78. The van der Waals surface area contributed by atoms with Gasteiger partial charge in [-0.25, -0.2) is 0 Å². The van der Waals surface area contributed by atoms with Crippen LogP contribution in [0.1, 0.15) is 31.9 Å². The molecule has 2 aromatic rings. The third-order valence-corrected chi connectivity index (χ3v) is 3.01. The highest BCUT2D eigenvalue weighted by molar-refractivity contribution is 5.78. The summed E-state index contributed by atoms with van der Waals surface area (Å²) in [6, 6.07) is 9.68. The SMILES string of the molecule is CC(C)C(CC(=O)O)c1cc2ccccc2o1. The minimum atomic E-state index is -0.788. The number of rotatable bonds is 4. The Labute approximate surface area is 100 Å². The highest BCUT2D eigenvalue weighted by Crippen LogP contribution is 2.32. The third-order valence-electron chi connectivity index (χ3n) is 3.01. The van der Waals surface area contributed by atoms with Crippen LogP contribution < -0.4 is 0 Å². The first-order valence-electron chi connectivity index (χ1n) is 5.78. The maximum atomic E-state index is 10.9. The van der Waals surface area contributed by atoms with E-state index in [1.807, 2.05) is 44.2 Å². The van der Waals surface area contributed by atoms with Gasteiger partial charge >= 0.3 is 5.97 Å². The molecule has 1 unspecified atom stereocenters. The summed E-state index contributed by atoms with van der Waals surface area (Å²) in [5.74, 6) is 0.152. The normalized spacial score (nSPS) is 13.1. The molecule has 0 aliphatic carbocycles. The largest absolute Gasteiger partial charge is 0.481 e. The lowest BCUT2D eigenvalue weighted by Gasteiger charge is -2.15. The van der Waals surface area contributed by atoms with E-state index >= 15 is 0 Å². The van der Waals surface area contributed by atoms with E-state index in [9.17, 15) is 4.79 Å². The minimum Gasteiger partial charge on any atom is -0.481 e. The van der Waals surface area contributed by atoms with Crippen molar-refractivity contribution in [3.05, 3.63) is 36.1 Å². The highest BCUT2D eigenvalue weighted by atomic mass is 16.4. The van der Waals surface area contributed by atoms with Crippen LogP contribution >= 0.6 is 0 Å². The summed E-state index contributed by atoms with van der Waals surface area (Å²) in [4.78, 5) is 10.9. The number of fused-ring (bicyclic) bond motifs is 1. The van der Waals surface area contributed by atoms with Crippen LogP contribution in [0.2, 0.25) is 0 Å². The van der Waals surface area contributed by atoms with Gasteiger partial charge in [-0.1, -0.05) is 32.0 Å². The van der Waals surface area contributed by atoms with Crippen molar-refractivity contribution in [3.8, 4) is 0 Å². The molecular weight excluding hydrogens is 216 g/mol. The van der Waals surface area contributed by atoms with Crippen molar-refractivity contribution in [2.45, 2.75) is 26.2 Å². The molecule has 3 heteroatoms. The molecule has 1 aromatic heterocycles. The molecule has 0 aliphatic heterocycles. The molecule has 90 valence electrons. The van der Waals surface area contributed by atoms with Gasteiger partial charge < -0.3 is 9.52 Å². The number of carboxylic acid groups (broad SMARTS) is 1. The van der Waals surface area contributed by atoms with E-state index in [4.69, 9.17) is 9.52 Å². The summed E-state index contributed by atoms with van der Waals surface area (Å²) in [6.07, 6.45) is 0.109. The Morgan fingerprint density at radius 2 is 2.06 bits per heavy atom. The van der Waals surface area contributed by atoms with Crippen molar-refractivity contribution >= 4 is 16.9 Å². The lowest BCUT2D eigenvalue weighted by Crippen LogP contribution is -2.11. The van der Waals surface area contributed by atoms with Crippen molar-refractivity contribution in [1.82, 2.24) is 0 Å². The summed E-state index contributed by atoms with van der Waals surface area (Å²) < 4.78 is 5.73. The molecule has 1 N–H and O–H groups in total. The Bertz CT molecular complexity index is 492. The summed E-state index contributed by atoms with van der Waals surface area (Å²) >= 11 is 0. The summed E-state index contributed by atoms with van der Waals surface area (Å²) in [5, 5.41) is 9.95. The Kier molecular flexibility index (Phi) is 3.18. The van der Waals surface area contributed by atoms with Crippen molar-refractivity contribution in [3.63, 3.8) is 0 Å². The van der Waals surface area contributed by atoms with Gasteiger partial charge in [-0.15, -0.1) is 0 Å². The monoisotopic (exact) mass is 232 g/mol. The topological polar surface area (TPSA) is 50.4 Å². The number of furan rings is 1. The van der Waals surface area contributed by atoms with E-state index in [1.54, 1.807) is 0 Å². The van der Waals surface area contributed by atoms with Crippen LogP contribution in [0.15, 0.2) is 34.7 Å². The second kappa shape index (κ2) is 4.62. The standard InChI is InChI=1S/C14H16O3/c1-9(2)11(8-14(15)16)13-7-10-5-3-4-6-12(10)17-13/h3-7,9,11H,8H2,1-2H3,(H,15,16). The smallest absolute Gasteiger partial charge is 0.304 e. The molecule has 3 nitrogen and oxygen atoms in total. The van der Waals surface area contributed by atoms with Crippen molar-refractivity contribution < 1.29 is 14.3 Å². The van der Waals surface area contributed by atoms with Gasteiger partial charge in [-0.2, -0.15) is 0 Å². The van der Waals surface area contributed by atoms with Crippen LogP contribution in [0.3, 0.4) is 0 Å². The predicted octanol–water partition coefficient (Wildman–Crippen LogP) is 3.65. The van der Waals surface area contributed by atoms with Gasteiger partial charge in [-0.3, -0.25) is 4.79 Å². The second-order valence-electron chi connectivity index (χ2n) is 4.63. The number of aliphatic carboxylic acids is 1. The third kappa shape index (κ3) is 2.49.